The molecule has 0 fully saturated rings. The molecule has 0 amide bonds. The van der Waals surface area contributed by atoms with Gasteiger partial charge in [-0.3, -0.25) is 10.1 Å². The van der Waals surface area contributed by atoms with Crippen molar-refractivity contribution in [2.75, 3.05) is 11.9 Å². The normalized spacial score (nSPS) is 11.1. The van der Waals surface area contributed by atoms with Crippen molar-refractivity contribution in [1.29, 1.82) is 0 Å². The molecule has 0 saturated heterocycles. The first-order chi connectivity index (χ1) is 6.92. The predicted octanol–water partition coefficient (Wildman–Crippen LogP) is 2.29. The van der Waals surface area contributed by atoms with Gasteiger partial charge in [-0.15, -0.1) is 0 Å². The summed E-state index contributed by atoms with van der Waals surface area (Å²) >= 11 is 0. The minimum atomic E-state index is -1.03. The molecule has 0 aliphatic rings. The van der Waals surface area contributed by atoms with Crippen LogP contribution >= 0.6 is 0 Å². The van der Waals surface area contributed by atoms with E-state index in [-0.39, 0.29) is 17.3 Å². The lowest BCUT2D eigenvalue weighted by Gasteiger charge is -2.16. The number of nitrogens with one attached hydrogen (secondary N) is 1. The molecule has 15 heavy (non-hydrogen) atoms. The topological polar surface area (TPSA) is 55.2 Å². The Bertz CT molecular complexity index is 349. The van der Waals surface area contributed by atoms with Crippen LogP contribution in [0.1, 0.15) is 13.8 Å². The number of hydrogen-bond donors (Lipinski definition) is 1. The number of nitro groups is 1. The van der Waals surface area contributed by atoms with Crippen molar-refractivity contribution in [3.63, 3.8) is 0 Å². The SMILES string of the molecule is CC(C)(CNc1ccc(F)cc1)[N+](=O)[O-]. The van der Waals surface area contributed by atoms with Crippen LogP contribution in [0.3, 0.4) is 0 Å². The Morgan fingerprint density at radius 3 is 2.40 bits per heavy atom. The van der Waals surface area contributed by atoms with Crippen LogP contribution in [-0.4, -0.2) is 17.0 Å². The maximum atomic E-state index is 12.6. The summed E-state index contributed by atoms with van der Waals surface area (Å²) in [6.07, 6.45) is 0. The van der Waals surface area contributed by atoms with Crippen LogP contribution in [0, 0.1) is 15.9 Å². The summed E-state index contributed by atoms with van der Waals surface area (Å²) in [5, 5.41) is 13.5. The highest BCUT2D eigenvalue weighted by Gasteiger charge is 2.29. The minimum absolute atomic E-state index is 0.200. The smallest absolute Gasteiger partial charge is 0.233 e. The van der Waals surface area contributed by atoms with Crippen LogP contribution in [0.5, 0.6) is 0 Å². The van der Waals surface area contributed by atoms with Crippen LogP contribution in [0.2, 0.25) is 0 Å². The second-order valence-corrected chi connectivity index (χ2v) is 3.93. The largest absolute Gasteiger partial charge is 0.378 e. The van der Waals surface area contributed by atoms with E-state index in [4.69, 9.17) is 0 Å². The first-order valence-corrected chi connectivity index (χ1v) is 4.56. The Kier molecular flexibility index (Phi) is 3.24. The summed E-state index contributed by atoms with van der Waals surface area (Å²) in [5.74, 6) is -0.325. The molecule has 0 radical (unpaired) electrons. The van der Waals surface area contributed by atoms with Crippen molar-refractivity contribution in [2.45, 2.75) is 19.4 Å². The van der Waals surface area contributed by atoms with E-state index in [1.165, 1.54) is 26.0 Å². The maximum absolute atomic E-state index is 12.6. The van der Waals surface area contributed by atoms with Gasteiger partial charge in [-0.05, 0) is 24.3 Å². The number of rotatable bonds is 4. The Morgan fingerprint density at radius 1 is 1.40 bits per heavy atom. The van der Waals surface area contributed by atoms with Crippen molar-refractivity contribution in [2.24, 2.45) is 0 Å². The zero-order valence-electron chi connectivity index (χ0n) is 8.66. The van der Waals surface area contributed by atoms with Gasteiger partial charge in [-0.25, -0.2) is 4.39 Å². The first-order valence-electron chi connectivity index (χ1n) is 4.56. The molecule has 1 N–H and O–H groups in total. The Morgan fingerprint density at radius 2 is 1.93 bits per heavy atom. The average molecular weight is 212 g/mol. The lowest BCUT2D eigenvalue weighted by molar-refractivity contribution is -0.556. The van der Waals surface area contributed by atoms with E-state index in [0.717, 1.165) is 0 Å². The summed E-state index contributed by atoms with van der Waals surface area (Å²) in [5.41, 5.74) is -0.361. The van der Waals surface area contributed by atoms with Crippen molar-refractivity contribution in [3.8, 4) is 0 Å². The molecule has 5 heteroatoms. The molecule has 0 saturated carbocycles. The molecule has 0 aliphatic heterocycles. The second-order valence-electron chi connectivity index (χ2n) is 3.93. The molecule has 0 spiro atoms. The van der Waals surface area contributed by atoms with E-state index in [1.807, 2.05) is 0 Å². The standard InChI is InChI=1S/C10H13FN2O2/c1-10(2,13(14)15)7-12-9-5-3-8(11)4-6-9/h3-6,12H,7H2,1-2H3. The van der Waals surface area contributed by atoms with E-state index in [2.05, 4.69) is 5.32 Å². The van der Waals surface area contributed by atoms with Crippen molar-refractivity contribution < 1.29 is 9.31 Å². The molecule has 4 nitrogen and oxygen atoms in total. The van der Waals surface area contributed by atoms with Crippen molar-refractivity contribution >= 4 is 5.69 Å². The molecule has 82 valence electrons. The molecule has 0 aromatic heterocycles. The highest BCUT2D eigenvalue weighted by molar-refractivity contribution is 5.43. The number of hydrogen-bond acceptors (Lipinski definition) is 3. The molecular weight excluding hydrogens is 199 g/mol. The molecule has 0 atom stereocenters. The molecular formula is C10H13FN2O2. The number of halogens is 1. The quantitative estimate of drug-likeness (QED) is 0.615. The van der Waals surface area contributed by atoms with Crippen LogP contribution in [0.25, 0.3) is 0 Å². The maximum Gasteiger partial charge on any atom is 0.233 e. The zero-order valence-corrected chi connectivity index (χ0v) is 8.66. The Labute approximate surface area is 87.3 Å². The summed E-state index contributed by atoms with van der Waals surface area (Å²) in [6.45, 7) is 3.26. The number of nitrogens with zero attached hydrogens (tertiary/aromatic N) is 1. The van der Waals surface area contributed by atoms with Gasteiger partial charge in [0.15, 0.2) is 0 Å². The van der Waals surface area contributed by atoms with Gasteiger partial charge < -0.3 is 5.32 Å². The van der Waals surface area contributed by atoms with Crippen LogP contribution in [-0.2, 0) is 0 Å². The third-order valence-electron chi connectivity index (χ3n) is 2.06. The van der Waals surface area contributed by atoms with Gasteiger partial charge in [-0.1, -0.05) is 0 Å². The Balaban J connectivity index is 2.57. The molecule has 0 heterocycles. The average Bonchev–Trinajstić information content (AvgIpc) is 2.17. The fourth-order valence-electron chi connectivity index (χ4n) is 0.951. The fourth-order valence-corrected chi connectivity index (χ4v) is 0.951. The van der Waals surface area contributed by atoms with E-state index < -0.39 is 5.54 Å². The van der Waals surface area contributed by atoms with Gasteiger partial charge in [0.25, 0.3) is 0 Å². The van der Waals surface area contributed by atoms with Gasteiger partial charge in [0.05, 0.1) is 6.54 Å². The lowest BCUT2D eigenvalue weighted by Crippen LogP contribution is -2.38. The molecule has 0 bridgehead atoms. The van der Waals surface area contributed by atoms with E-state index in [9.17, 15) is 14.5 Å². The van der Waals surface area contributed by atoms with Gasteiger partial charge >= 0.3 is 0 Å². The highest BCUT2D eigenvalue weighted by atomic mass is 19.1. The van der Waals surface area contributed by atoms with Gasteiger partial charge in [-0.2, -0.15) is 0 Å². The molecule has 1 rings (SSSR count). The van der Waals surface area contributed by atoms with Gasteiger partial charge in [0, 0.05) is 24.5 Å². The lowest BCUT2D eigenvalue weighted by atomic mass is 10.1. The number of benzene rings is 1. The van der Waals surface area contributed by atoms with Gasteiger partial charge in [0.1, 0.15) is 5.82 Å². The summed E-state index contributed by atoms with van der Waals surface area (Å²) in [6, 6.07) is 5.71. The first kappa shape index (κ1) is 11.4. The summed E-state index contributed by atoms with van der Waals surface area (Å²) < 4.78 is 12.6. The fraction of sp³-hybridized carbons (Fsp3) is 0.400. The monoisotopic (exact) mass is 212 g/mol. The second kappa shape index (κ2) is 4.25. The third kappa shape index (κ3) is 3.19. The third-order valence-corrected chi connectivity index (χ3v) is 2.06. The summed E-state index contributed by atoms with van der Waals surface area (Å²) in [4.78, 5) is 10.3. The summed E-state index contributed by atoms with van der Waals surface area (Å²) in [7, 11) is 0. The van der Waals surface area contributed by atoms with E-state index in [1.54, 1.807) is 12.1 Å². The van der Waals surface area contributed by atoms with Crippen LogP contribution in [0.4, 0.5) is 10.1 Å². The molecule has 0 unspecified atom stereocenters. The molecule has 1 aromatic rings. The zero-order chi connectivity index (χ0) is 11.5. The van der Waals surface area contributed by atoms with Crippen LogP contribution < -0.4 is 5.32 Å². The molecule has 1 aromatic carbocycles. The van der Waals surface area contributed by atoms with E-state index in [0.29, 0.717) is 5.69 Å². The minimum Gasteiger partial charge on any atom is -0.378 e. The predicted molar refractivity (Wildman–Crippen MR) is 56.0 cm³/mol. The van der Waals surface area contributed by atoms with Crippen LogP contribution in [0.15, 0.2) is 24.3 Å². The van der Waals surface area contributed by atoms with Crippen molar-refractivity contribution in [3.05, 3.63) is 40.2 Å². The van der Waals surface area contributed by atoms with Crippen molar-refractivity contribution in [1.82, 2.24) is 0 Å². The molecule has 0 aliphatic carbocycles. The number of anilines is 1. The van der Waals surface area contributed by atoms with Gasteiger partial charge in [0.2, 0.25) is 5.54 Å². The van der Waals surface area contributed by atoms with E-state index >= 15 is 0 Å². The Hall–Kier alpha value is -1.65. The highest BCUT2D eigenvalue weighted by Crippen LogP contribution is 2.12.